The van der Waals surface area contributed by atoms with Crippen LogP contribution in [-0.2, 0) is 0 Å². The molecule has 0 bridgehead atoms. The minimum Gasteiger partial charge on any atom is -0.478 e. The lowest BCUT2D eigenvalue weighted by Crippen LogP contribution is -2.20. The lowest BCUT2D eigenvalue weighted by Gasteiger charge is -2.18. The van der Waals surface area contributed by atoms with Gasteiger partial charge in [-0.3, -0.25) is 0 Å². The van der Waals surface area contributed by atoms with Crippen molar-refractivity contribution in [3.05, 3.63) is 22.8 Å². The molecule has 1 N–H and O–H groups in total. The molecule has 2 heterocycles. The summed E-state index contributed by atoms with van der Waals surface area (Å²) in [6.07, 6.45) is 3.70. The van der Waals surface area contributed by atoms with Crippen molar-refractivity contribution in [3.8, 4) is 0 Å². The molecule has 5 heteroatoms. The van der Waals surface area contributed by atoms with Gasteiger partial charge in [-0.05, 0) is 18.9 Å². The van der Waals surface area contributed by atoms with E-state index in [9.17, 15) is 4.79 Å². The molecule has 15 heavy (non-hydrogen) atoms. The number of aromatic carboxylic acids is 1. The summed E-state index contributed by atoms with van der Waals surface area (Å²) in [5.41, 5.74) is 0.119. The van der Waals surface area contributed by atoms with E-state index in [1.54, 1.807) is 0 Å². The average Bonchev–Trinajstić information content (AvgIpc) is 2.70. The number of halogens is 1. The summed E-state index contributed by atoms with van der Waals surface area (Å²) in [6, 6.07) is 1.42. The molecule has 4 nitrogen and oxygen atoms in total. The van der Waals surface area contributed by atoms with Gasteiger partial charge in [-0.2, -0.15) is 0 Å². The number of carbonyl (C=O) groups is 1. The number of pyridine rings is 1. The number of hydrogen-bond acceptors (Lipinski definition) is 3. The number of hydrogen-bond donors (Lipinski definition) is 1. The lowest BCUT2D eigenvalue weighted by atomic mass is 10.2. The van der Waals surface area contributed by atoms with E-state index in [4.69, 9.17) is 16.7 Å². The minimum atomic E-state index is -1.01. The summed E-state index contributed by atoms with van der Waals surface area (Å²) >= 11 is 6.00. The van der Waals surface area contributed by atoms with Crippen molar-refractivity contribution in [2.75, 3.05) is 18.0 Å². The number of anilines is 1. The first-order chi connectivity index (χ1) is 7.20. The second-order valence-electron chi connectivity index (χ2n) is 3.50. The largest absolute Gasteiger partial charge is 0.478 e. The van der Waals surface area contributed by atoms with Gasteiger partial charge in [0.05, 0.1) is 10.6 Å². The Kier molecular flexibility index (Phi) is 2.77. The Morgan fingerprint density at radius 1 is 1.47 bits per heavy atom. The number of carboxylic acid groups (broad SMARTS) is 1. The van der Waals surface area contributed by atoms with Gasteiger partial charge >= 0.3 is 5.97 Å². The number of nitrogens with zero attached hydrogens (tertiary/aromatic N) is 2. The van der Waals surface area contributed by atoms with Crippen LogP contribution in [0, 0.1) is 0 Å². The molecule has 80 valence electrons. The molecule has 0 atom stereocenters. The van der Waals surface area contributed by atoms with E-state index in [-0.39, 0.29) is 10.6 Å². The predicted octanol–water partition coefficient (Wildman–Crippen LogP) is 2.03. The van der Waals surface area contributed by atoms with Gasteiger partial charge in [0.1, 0.15) is 5.82 Å². The van der Waals surface area contributed by atoms with E-state index in [2.05, 4.69) is 4.98 Å². The van der Waals surface area contributed by atoms with Crippen LogP contribution < -0.4 is 4.90 Å². The Morgan fingerprint density at radius 3 is 2.73 bits per heavy atom. The van der Waals surface area contributed by atoms with Crippen LogP contribution in [0.4, 0.5) is 5.82 Å². The topological polar surface area (TPSA) is 53.4 Å². The molecule has 1 aliphatic rings. The quantitative estimate of drug-likeness (QED) is 0.839. The van der Waals surface area contributed by atoms with Gasteiger partial charge in [0.2, 0.25) is 0 Å². The van der Waals surface area contributed by atoms with E-state index in [0.717, 1.165) is 25.9 Å². The third-order valence-electron chi connectivity index (χ3n) is 2.51. The molecular formula is C10H11ClN2O2. The SMILES string of the molecule is O=C(O)c1ccnc(N2CCCC2)c1Cl. The smallest absolute Gasteiger partial charge is 0.337 e. The monoisotopic (exact) mass is 226 g/mol. The average molecular weight is 227 g/mol. The van der Waals surface area contributed by atoms with Crippen LogP contribution in [-0.4, -0.2) is 29.1 Å². The fourth-order valence-corrected chi connectivity index (χ4v) is 2.06. The van der Waals surface area contributed by atoms with Gasteiger partial charge in [0.15, 0.2) is 0 Å². The zero-order valence-electron chi connectivity index (χ0n) is 8.11. The highest BCUT2D eigenvalue weighted by atomic mass is 35.5. The summed E-state index contributed by atoms with van der Waals surface area (Å²) in [6.45, 7) is 1.80. The van der Waals surface area contributed by atoms with E-state index in [1.165, 1.54) is 12.3 Å². The number of rotatable bonds is 2. The molecule has 0 amide bonds. The molecule has 0 unspecified atom stereocenters. The van der Waals surface area contributed by atoms with Crippen LogP contribution in [0.3, 0.4) is 0 Å². The van der Waals surface area contributed by atoms with Crippen molar-refractivity contribution in [2.24, 2.45) is 0 Å². The molecule has 2 rings (SSSR count). The van der Waals surface area contributed by atoms with Gasteiger partial charge < -0.3 is 10.0 Å². The standard InChI is InChI=1S/C10H11ClN2O2/c11-8-7(10(14)15)3-4-12-9(8)13-5-1-2-6-13/h3-4H,1-2,5-6H2,(H,14,15). The van der Waals surface area contributed by atoms with Crippen LogP contribution in [0.15, 0.2) is 12.3 Å². The van der Waals surface area contributed by atoms with Crippen molar-refractivity contribution in [1.82, 2.24) is 4.98 Å². The van der Waals surface area contributed by atoms with Crippen LogP contribution in [0.25, 0.3) is 0 Å². The first-order valence-corrected chi connectivity index (χ1v) is 5.20. The number of aromatic nitrogens is 1. The van der Waals surface area contributed by atoms with Crippen LogP contribution >= 0.6 is 11.6 Å². The first kappa shape index (κ1) is 10.2. The Labute approximate surface area is 92.5 Å². The molecule has 0 aromatic carbocycles. The third-order valence-corrected chi connectivity index (χ3v) is 2.88. The Bertz CT molecular complexity index is 389. The molecule has 1 saturated heterocycles. The van der Waals surface area contributed by atoms with Crippen LogP contribution in [0.2, 0.25) is 5.02 Å². The highest BCUT2D eigenvalue weighted by Gasteiger charge is 2.20. The van der Waals surface area contributed by atoms with Crippen molar-refractivity contribution >= 4 is 23.4 Å². The lowest BCUT2D eigenvalue weighted by molar-refractivity contribution is 0.0697. The highest BCUT2D eigenvalue weighted by molar-refractivity contribution is 6.35. The molecule has 0 radical (unpaired) electrons. The molecular weight excluding hydrogens is 216 g/mol. The van der Waals surface area contributed by atoms with Gasteiger partial charge in [-0.15, -0.1) is 0 Å². The van der Waals surface area contributed by atoms with E-state index in [1.807, 2.05) is 4.90 Å². The Balaban J connectivity index is 2.39. The fraction of sp³-hybridized carbons (Fsp3) is 0.400. The van der Waals surface area contributed by atoms with Gasteiger partial charge in [0.25, 0.3) is 0 Å². The van der Waals surface area contributed by atoms with E-state index in [0.29, 0.717) is 5.82 Å². The summed E-state index contributed by atoms with van der Waals surface area (Å²) < 4.78 is 0. The normalized spacial score (nSPS) is 15.7. The van der Waals surface area contributed by atoms with Crippen molar-refractivity contribution < 1.29 is 9.90 Å². The highest BCUT2D eigenvalue weighted by Crippen LogP contribution is 2.29. The third kappa shape index (κ3) is 1.90. The minimum absolute atomic E-state index is 0.119. The van der Waals surface area contributed by atoms with Crippen molar-refractivity contribution in [1.29, 1.82) is 0 Å². The molecule has 1 aromatic heterocycles. The first-order valence-electron chi connectivity index (χ1n) is 4.83. The molecule has 1 aromatic rings. The van der Waals surface area contributed by atoms with Gasteiger partial charge in [0, 0.05) is 19.3 Å². The predicted molar refractivity (Wildman–Crippen MR) is 57.7 cm³/mol. The Hall–Kier alpha value is -1.29. The summed E-state index contributed by atoms with van der Waals surface area (Å²) in [7, 11) is 0. The number of carboxylic acids is 1. The molecule has 0 aliphatic carbocycles. The van der Waals surface area contributed by atoms with Gasteiger partial charge in [-0.1, -0.05) is 11.6 Å². The zero-order chi connectivity index (χ0) is 10.8. The van der Waals surface area contributed by atoms with Crippen LogP contribution in [0.1, 0.15) is 23.2 Å². The van der Waals surface area contributed by atoms with Gasteiger partial charge in [-0.25, -0.2) is 9.78 Å². The summed E-state index contributed by atoms with van der Waals surface area (Å²) in [5, 5.41) is 9.14. The summed E-state index contributed by atoms with van der Waals surface area (Å²) in [5.74, 6) is -0.420. The maximum Gasteiger partial charge on any atom is 0.337 e. The maximum atomic E-state index is 10.9. The zero-order valence-corrected chi connectivity index (χ0v) is 8.87. The van der Waals surface area contributed by atoms with Crippen molar-refractivity contribution in [2.45, 2.75) is 12.8 Å². The fourth-order valence-electron chi connectivity index (χ4n) is 1.75. The second kappa shape index (κ2) is 4.06. The molecule has 0 saturated carbocycles. The maximum absolute atomic E-state index is 10.9. The molecule has 0 spiro atoms. The second-order valence-corrected chi connectivity index (χ2v) is 3.87. The Morgan fingerprint density at radius 2 is 2.13 bits per heavy atom. The molecule has 1 fully saturated rings. The van der Waals surface area contributed by atoms with Crippen LogP contribution in [0.5, 0.6) is 0 Å². The molecule has 1 aliphatic heterocycles. The summed E-state index contributed by atoms with van der Waals surface area (Å²) in [4.78, 5) is 17.0. The van der Waals surface area contributed by atoms with Crippen molar-refractivity contribution in [3.63, 3.8) is 0 Å². The van der Waals surface area contributed by atoms with E-state index < -0.39 is 5.97 Å². The van der Waals surface area contributed by atoms with E-state index >= 15 is 0 Å².